The van der Waals surface area contributed by atoms with Gasteiger partial charge >= 0.3 is 5.97 Å². The van der Waals surface area contributed by atoms with Crippen LogP contribution in [0.25, 0.3) is 11.0 Å². The molecule has 0 saturated carbocycles. The molecule has 0 N–H and O–H groups in total. The Balaban J connectivity index is 1.77. The van der Waals surface area contributed by atoms with Crippen LogP contribution in [-0.2, 0) is 11.3 Å². The number of thiophene rings is 1. The van der Waals surface area contributed by atoms with Crippen LogP contribution >= 0.6 is 11.3 Å². The van der Waals surface area contributed by atoms with Gasteiger partial charge in [0.25, 0.3) is 11.5 Å². The molecule has 4 rings (SSSR count). The summed E-state index contributed by atoms with van der Waals surface area (Å²) in [6.07, 6.45) is 5.33. The Hall–Kier alpha value is -3.46. The molecule has 0 atom stereocenters. The van der Waals surface area contributed by atoms with Crippen molar-refractivity contribution in [3.05, 3.63) is 68.8 Å². The Kier molecular flexibility index (Phi) is 6.88. The Morgan fingerprint density at radius 2 is 1.97 bits per heavy atom. The quantitative estimate of drug-likeness (QED) is 0.410. The van der Waals surface area contributed by atoms with E-state index in [4.69, 9.17) is 4.74 Å². The second-order valence-corrected chi connectivity index (χ2v) is 8.51. The van der Waals surface area contributed by atoms with Gasteiger partial charge in [0.15, 0.2) is 0 Å². The number of hydrogen-bond donors (Lipinski definition) is 0. The summed E-state index contributed by atoms with van der Waals surface area (Å²) in [5.74, 6) is -0.641. The zero-order chi connectivity index (χ0) is 23.4. The van der Waals surface area contributed by atoms with E-state index in [-0.39, 0.29) is 18.1 Å². The molecule has 0 radical (unpaired) electrons. The first-order valence-corrected chi connectivity index (χ1v) is 11.8. The molecule has 0 aliphatic carbocycles. The monoisotopic (exact) mass is 466 g/mol. The lowest BCUT2D eigenvalue weighted by atomic mass is 10.1. The number of rotatable bonds is 6. The van der Waals surface area contributed by atoms with Crippen molar-refractivity contribution in [3.8, 4) is 0 Å². The first kappa shape index (κ1) is 22.7. The highest BCUT2D eigenvalue weighted by atomic mass is 32.1. The van der Waals surface area contributed by atoms with E-state index in [1.807, 2.05) is 47.6 Å². The predicted octanol–water partition coefficient (Wildman–Crippen LogP) is 3.17. The predicted molar refractivity (Wildman–Crippen MR) is 129 cm³/mol. The van der Waals surface area contributed by atoms with E-state index in [1.165, 1.54) is 15.9 Å². The van der Waals surface area contributed by atoms with Crippen LogP contribution in [0.15, 0.2) is 52.8 Å². The molecule has 0 unspecified atom stereocenters. The Morgan fingerprint density at radius 1 is 1.18 bits per heavy atom. The van der Waals surface area contributed by atoms with Gasteiger partial charge in [0.2, 0.25) is 0 Å². The van der Waals surface area contributed by atoms with Crippen LogP contribution in [0.3, 0.4) is 0 Å². The van der Waals surface area contributed by atoms with Gasteiger partial charge < -0.3 is 14.5 Å². The summed E-state index contributed by atoms with van der Waals surface area (Å²) < 4.78 is 6.78. The maximum Gasteiger partial charge on any atom is 0.345 e. The zero-order valence-electron chi connectivity index (χ0n) is 18.7. The number of amides is 1. The summed E-state index contributed by atoms with van der Waals surface area (Å²) in [7, 11) is 0. The van der Waals surface area contributed by atoms with Gasteiger partial charge in [-0.25, -0.2) is 9.78 Å². The fraction of sp³-hybridized carbons (Fsp3) is 0.333. The van der Waals surface area contributed by atoms with E-state index in [1.54, 1.807) is 24.1 Å². The summed E-state index contributed by atoms with van der Waals surface area (Å²) in [4.78, 5) is 48.2. The SMILES string of the molecule is C/C=C\Cn1c(=O)c(C(=O)OCC)c(N2CCN(C(=O)c3cccs3)CC2)c2cccnc21. The van der Waals surface area contributed by atoms with Crippen molar-refractivity contribution < 1.29 is 14.3 Å². The number of allylic oxidation sites excluding steroid dienone is 2. The fourth-order valence-electron chi connectivity index (χ4n) is 4.05. The van der Waals surface area contributed by atoms with Crippen molar-refractivity contribution in [1.29, 1.82) is 0 Å². The first-order valence-electron chi connectivity index (χ1n) is 10.9. The highest BCUT2D eigenvalue weighted by molar-refractivity contribution is 7.12. The maximum absolute atomic E-state index is 13.5. The molecule has 8 nitrogen and oxygen atoms in total. The van der Waals surface area contributed by atoms with Crippen molar-refractivity contribution >= 4 is 39.9 Å². The van der Waals surface area contributed by atoms with Crippen LogP contribution in [0.1, 0.15) is 33.9 Å². The summed E-state index contributed by atoms with van der Waals surface area (Å²) in [5.41, 5.74) is 0.631. The maximum atomic E-state index is 13.5. The van der Waals surface area contributed by atoms with Crippen molar-refractivity contribution in [2.75, 3.05) is 37.7 Å². The van der Waals surface area contributed by atoms with Gasteiger partial charge in [-0.1, -0.05) is 18.2 Å². The van der Waals surface area contributed by atoms with E-state index in [0.717, 1.165) is 0 Å². The molecule has 172 valence electrons. The largest absolute Gasteiger partial charge is 0.462 e. The number of hydrogen-bond acceptors (Lipinski definition) is 7. The third-order valence-corrected chi connectivity index (χ3v) is 6.47. The number of nitrogens with zero attached hydrogens (tertiary/aromatic N) is 4. The fourth-order valence-corrected chi connectivity index (χ4v) is 4.74. The van der Waals surface area contributed by atoms with E-state index >= 15 is 0 Å². The van der Waals surface area contributed by atoms with Gasteiger partial charge in [-0.15, -0.1) is 11.3 Å². The minimum Gasteiger partial charge on any atom is -0.462 e. The van der Waals surface area contributed by atoms with Crippen LogP contribution in [0.4, 0.5) is 5.69 Å². The van der Waals surface area contributed by atoms with Crippen LogP contribution in [0.2, 0.25) is 0 Å². The Bertz CT molecular complexity index is 1240. The molecule has 1 fully saturated rings. The normalized spacial score (nSPS) is 14.2. The third-order valence-electron chi connectivity index (χ3n) is 5.61. The van der Waals surface area contributed by atoms with Crippen LogP contribution in [-0.4, -0.2) is 59.1 Å². The number of anilines is 1. The summed E-state index contributed by atoms with van der Waals surface area (Å²) in [6.45, 7) is 6.02. The second kappa shape index (κ2) is 9.99. The number of fused-ring (bicyclic) bond motifs is 1. The van der Waals surface area contributed by atoms with Crippen LogP contribution in [0.5, 0.6) is 0 Å². The molecule has 9 heteroatoms. The minimum absolute atomic E-state index is 0.00330. The zero-order valence-corrected chi connectivity index (χ0v) is 19.5. The number of esters is 1. The lowest BCUT2D eigenvalue weighted by molar-refractivity contribution is 0.0523. The average molecular weight is 467 g/mol. The molecule has 33 heavy (non-hydrogen) atoms. The number of aromatic nitrogens is 2. The molecular formula is C24H26N4O4S. The van der Waals surface area contributed by atoms with Gasteiger partial charge in [0.05, 0.1) is 17.2 Å². The van der Waals surface area contributed by atoms with Crippen LogP contribution in [0, 0.1) is 0 Å². The molecule has 1 saturated heterocycles. The smallest absolute Gasteiger partial charge is 0.345 e. The lowest BCUT2D eigenvalue weighted by Gasteiger charge is -2.37. The van der Waals surface area contributed by atoms with E-state index < -0.39 is 11.5 Å². The Morgan fingerprint density at radius 3 is 2.64 bits per heavy atom. The highest BCUT2D eigenvalue weighted by Gasteiger charge is 2.30. The minimum atomic E-state index is -0.644. The van der Waals surface area contributed by atoms with Gasteiger partial charge in [0, 0.05) is 44.3 Å². The molecule has 0 aromatic carbocycles. The molecule has 0 bridgehead atoms. The van der Waals surface area contributed by atoms with E-state index in [2.05, 4.69) is 4.98 Å². The van der Waals surface area contributed by atoms with Crippen molar-refractivity contribution in [2.45, 2.75) is 20.4 Å². The first-order chi connectivity index (χ1) is 16.1. The number of carbonyl (C=O) groups excluding carboxylic acids is 2. The van der Waals surface area contributed by atoms with Gasteiger partial charge in [-0.05, 0) is 37.4 Å². The molecule has 3 aromatic heterocycles. The number of pyridine rings is 2. The summed E-state index contributed by atoms with van der Waals surface area (Å²) >= 11 is 1.42. The van der Waals surface area contributed by atoms with E-state index in [9.17, 15) is 14.4 Å². The van der Waals surface area contributed by atoms with Crippen molar-refractivity contribution in [3.63, 3.8) is 0 Å². The third kappa shape index (κ3) is 4.41. The number of ether oxygens (including phenoxy) is 1. The van der Waals surface area contributed by atoms with Crippen molar-refractivity contribution in [2.24, 2.45) is 0 Å². The second-order valence-electron chi connectivity index (χ2n) is 7.56. The molecule has 4 heterocycles. The number of piperazine rings is 1. The highest BCUT2D eigenvalue weighted by Crippen LogP contribution is 2.30. The van der Waals surface area contributed by atoms with E-state index in [0.29, 0.717) is 54.3 Å². The molecule has 3 aromatic rings. The topological polar surface area (TPSA) is 84.7 Å². The Labute approximate surface area is 195 Å². The van der Waals surface area contributed by atoms with Gasteiger partial charge in [-0.2, -0.15) is 0 Å². The molecular weight excluding hydrogens is 440 g/mol. The van der Waals surface area contributed by atoms with Gasteiger partial charge in [-0.3, -0.25) is 14.2 Å². The lowest BCUT2D eigenvalue weighted by Crippen LogP contribution is -2.49. The molecule has 1 aliphatic heterocycles. The summed E-state index contributed by atoms with van der Waals surface area (Å²) in [5, 5.41) is 2.60. The standard InChI is InChI=1S/C24H26N4O4S/c1-3-5-11-28-21-17(8-6-10-25-21)20(19(23(28)30)24(31)32-4-2)26-12-14-27(15-13-26)22(29)18-9-7-16-33-18/h3,5-10,16H,4,11-15H2,1-2H3/b5-3-. The molecule has 1 amide bonds. The van der Waals surface area contributed by atoms with Gasteiger partial charge in [0.1, 0.15) is 11.2 Å². The van der Waals surface area contributed by atoms with Crippen molar-refractivity contribution in [1.82, 2.24) is 14.5 Å². The summed E-state index contributed by atoms with van der Waals surface area (Å²) in [6, 6.07) is 7.35. The average Bonchev–Trinajstić information content (AvgIpc) is 3.38. The molecule has 0 spiro atoms. The van der Waals surface area contributed by atoms with Crippen LogP contribution < -0.4 is 10.5 Å². The molecule has 1 aliphatic rings. The number of carbonyl (C=O) groups is 2.